The molecular formula is C21H21Cl2NO7. The maximum Gasteiger partial charge on any atom is 0.343 e. The maximum absolute atomic E-state index is 12.6. The smallest absolute Gasteiger partial charge is 0.343 e. The first-order chi connectivity index (χ1) is 14.7. The molecule has 1 atom stereocenters. The average molecular weight is 470 g/mol. The van der Waals surface area contributed by atoms with Gasteiger partial charge in [-0.05, 0) is 24.6 Å². The zero-order chi connectivity index (χ0) is 23.1. The first kappa shape index (κ1) is 24.4. The molecule has 0 fully saturated rings. The topological polar surface area (TPSA) is 105 Å². The van der Waals surface area contributed by atoms with Crippen molar-refractivity contribution in [3.63, 3.8) is 0 Å². The largest absolute Gasteiger partial charge is 0.465 e. The summed E-state index contributed by atoms with van der Waals surface area (Å²) < 4.78 is 20.5. The van der Waals surface area contributed by atoms with E-state index in [1.54, 1.807) is 6.07 Å². The number of esters is 3. The Bertz CT molecular complexity index is 1000. The average Bonchev–Trinajstić information content (AvgIpc) is 3.15. The van der Waals surface area contributed by atoms with E-state index in [9.17, 15) is 14.4 Å². The monoisotopic (exact) mass is 469 g/mol. The van der Waals surface area contributed by atoms with Crippen molar-refractivity contribution >= 4 is 41.1 Å². The number of carbonyl (C=O) groups is 3. The van der Waals surface area contributed by atoms with E-state index in [1.165, 1.54) is 12.1 Å². The van der Waals surface area contributed by atoms with Gasteiger partial charge >= 0.3 is 17.9 Å². The highest BCUT2D eigenvalue weighted by molar-refractivity contribution is 6.36. The van der Waals surface area contributed by atoms with Crippen LogP contribution < -0.4 is 0 Å². The molecule has 1 aromatic heterocycles. The summed E-state index contributed by atoms with van der Waals surface area (Å²) in [5.74, 6) is -2.65. The molecule has 1 heterocycles. The number of methoxy groups -OCH3 is 1. The van der Waals surface area contributed by atoms with Crippen LogP contribution in [0.2, 0.25) is 10.0 Å². The Kier molecular flexibility index (Phi) is 8.65. The van der Waals surface area contributed by atoms with Crippen LogP contribution in [0.25, 0.3) is 11.3 Å². The molecule has 0 N–H and O–H groups in total. The number of hydrogen-bond acceptors (Lipinski definition) is 8. The van der Waals surface area contributed by atoms with Gasteiger partial charge in [0, 0.05) is 17.5 Å². The number of benzene rings is 1. The van der Waals surface area contributed by atoms with Crippen molar-refractivity contribution in [2.45, 2.75) is 32.8 Å². The van der Waals surface area contributed by atoms with E-state index in [0.717, 1.165) is 20.5 Å². The van der Waals surface area contributed by atoms with Crippen LogP contribution in [0.4, 0.5) is 0 Å². The molecule has 0 aliphatic rings. The molecule has 10 heteroatoms. The summed E-state index contributed by atoms with van der Waals surface area (Å²) in [5.41, 5.74) is -0.0890. The number of hydrogen-bond donors (Lipinski definition) is 0. The standard InChI is InChI=1S/C21H21Cl2NO7/c1-5-6-9-29-20(26)11(2)18(30-12(3)25)19-16(21(27)28-4)17(24-31-19)14-8-7-13(22)10-15(14)23/h7-8,10,18H,2,5-6,9H2,1,3-4H3. The molecule has 31 heavy (non-hydrogen) atoms. The zero-order valence-corrected chi connectivity index (χ0v) is 18.7. The molecule has 8 nitrogen and oxygen atoms in total. The normalized spacial score (nSPS) is 11.5. The Morgan fingerprint density at radius 1 is 1.26 bits per heavy atom. The molecule has 0 amide bonds. The molecule has 0 saturated heterocycles. The lowest BCUT2D eigenvalue weighted by Crippen LogP contribution is -2.20. The summed E-state index contributed by atoms with van der Waals surface area (Å²) in [5, 5.41) is 4.47. The van der Waals surface area contributed by atoms with Crippen LogP contribution in [-0.2, 0) is 23.8 Å². The van der Waals surface area contributed by atoms with Gasteiger partial charge in [0.15, 0.2) is 11.9 Å². The Labute approximate surface area is 189 Å². The lowest BCUT2D eigenvalue weighted by Gasteiger charge is -2.17. The van der Waals surface area contributed by atoms with Crippen molar-refractivity contribution < 1.29 is 33.1 Å². The number of halogens is 2. The van der Waals surface area contributed by atoms with E-state index in [0.29, 0.717) is 17.0 Å². The van der Waals surface area contributed by atoms with Gasteiger partial charge in [-0.25, -0.2) is 9.59 Å². The second-order valence-corrected chi connectivity index (χ2v) is 7.23. The summed E-state index contributed by atoms with van der Waals surface area (Å²) >= 11 is 12.2. The van der Waals surface area contributed by atoms with Gasteiger partial charge in [-0.15, -0.1) is 0 Å². The number of carbonyl (C=O) groups excluding carboxylic acids is 3. The second-order valence-electron chi connectivity index (χ2n) is 6.39. The minimum Gasteiger partial charge on any atom is -0.465 e. The van der Waals surface area contributed by atoms with Gasteiger partial charge in [0.05, 0.1) is 24.3 Å². The molecule has 0 bridgehead atoms. The van der Waals surface area contributed by atoms with Gasteiger partial charge in [-0.2, -0.15) is 0 Å². The van der Waals surface area contributed by atoms with Crippen LogP contribution in [0.3, 0.4) is 0 Å². The van der Waals surface area contributed by atoms with E-state index < -0.39 is 24.0 Å². The van der Waals surface area contributed by atoms with Gasteiger partial charge in [0.2, 0.25) is 0 Å². The summed E-state index contributed by atoms with van der Waals surface area (Å²) in [4.78, 5) is 36.7. The van der Waals surface area contributed by atoms with Crippen molar-refractivity contribution in [3.05, 3.63) is 51.7 Å². The predicted molar refractivity (Wildman–Crippen MR) is 113 cm³/mol. The number of rotatable bonds is 9. The SMILES string of the molecule is C=C(C(=O)OCCCC)C(OC(C)=O)c1onc(-c2ccc(Cl)cc2Cl)c1C(=O)OC. The Hall–Kier alpha value is -2.84. The van der Waals surface area contributed by atoms with Crippen LogP contribution in [0.1, 0.15) is 48.9 Å². The van der Waals surface area contributed by atoms with Gasteiger partial charge in [0.25, 0.3) is 0 Å². The van der Waals surface area contributed by atoms with Crippen molar-refractivity contribution in [1.82, 2.24) is 5.16 Å². The summed E-state index contributed by atoms with van der Waals surface area (Å²) in [6, 6.07) is 4.54. The van der Waals surface area contributed by atoms with Crippen molar-refractivity contribution in [2.24, 2.45) is 0 Å². The number of nitrogens with zero attached hydrogens (tertiary/aromatic N) is 1. The molecule has 2 rings (SSSR count). The Morgan fingerprint density at radius 3 is 2.55 bits per heavy atom. The maximum atomic E-state index is 12.6. The molecule has 1 aromatic carbocycles. The number of unbranched alkanes of at least 4 members (excludes halogenated alkanes) is 1. The summed E-state index contributed by atoms with van der Waals surface area (Å²) in [7, 11) is 1.15. The van der Waals surface area contributed by atoms with Gasteiger partial charge in [0.1, 0.15) is 11.3 Å². The predicted octanol–water partition coefficient (Wildman–Crippen LogP) is 4.94. The number of aromatic nitrogens is 1. The molecule has 0 saturated carbocycles. The molecule has 0 aliphatic carbocycles. The van der Waals surface area contributed by atoms with E-state index in [2.05, 4.69) is 11.7 Å². The minimum absolute atomic E-state index is 0.0211. The Balaban J connectivity index is 2.57. The molecule has 0 radical (unpaired) electrons. The Morgan fingerprint density at radius 2 is 1.97 bits per heavy atom. The van der Waals surface area contributed by atoms with Crippen LogP contribution in [0, 0.1) is 0 Å². The lowest BCUT2D eigenvalue weighted by atomic mass is 10.0. The third-order valence-electron chi connectivity index (χ3n) is 4.13. The highest BCUT2D eigenvalue weighted by Gasteiger charge is 2.36. The second kappa shape index (κ2) is 11.0. The quantitative estimate of drug-likeness (QED) is 0.220. The zero-order valence-electron chi connectivity index (χ0n) is 17.2. The summed E-state index contributed by atoms with van der Waals surface area (Å²) in [6.07, 6.45) is -0.00731. The van der Waals surface area contributed by atoms with Crippen LogP contribution in [-0.4, -0.2) is 36.8 Å². The fourth-order valence-corrected chi connectivity index (χ4v) is 3.10. The highest BCUT2D eigenvalue weighted by Crippen LogP contribution is 2.38. The van der Waals surface area contributed by atoms with Gasteiger partial charge in [-0.3, -0.25) is 4.79 Å². The van der Waals surface area contributed by atoms with E-state index in [1.807, 2.05) is 6.92 Å². The van der Waals surface area contributed by atoms with Crippen LogP contribution in [0.15, 0.2) is 34.9 Å². The van der Waals surface area contributed by atoms with Crippen molar-refractivity contribution in [2.75, 3.05) is 13.7 Å². The van der Waals surface area contributed by atoms with Gasteiger partial charge in [-0.1, -0.05) is 48.3 Å². The fourth-order valence-electron chi connectivity index (χ4n) is 2.60. The molecule has 1 unspecified atom stereocenters. The highest BCUT2D eigenvalue weighted by atomic mass is 35.5. The van der Waals surface area contributed by atoms with E-state index in [4.69, 9.17) is 41.9 Å². The van der Waals surface area contributed by atoms with Gasteiger partial charge < -0.3 is 18.7 Å². The van der Waals surface area contributed by atoms with E-state index in [-0.39, 0.29) is 34.2 Å². The molecule has 2 aromatic rings. The summed E-state index contributed by atoms with van der Waals surface area (Å²) in [6.45, 7) is 6.89. The minimum atomic E-state index is -1.46. The van der Waals surface area contributed by atoms with Crippen LogP contribution >= 0.6 is 23.2 Å². The van der Waals surface area contributed by atoms with Crippen molar-refractivity contribution in [3.8, 4) is 11.3 Å². The fraction of sp³-hybridized carbons (Fsp3) is 0.333. The molecule has 0 spiro atoms. The first-order valence-electron chi connectivity index (χ1n) is 9.27. The molecular weight excluding hydrogens is 449 g/mol. The number of ether oxygens (including phenoxy) is 3. The molecule has 0 aliphatic heterocycles. The third kappa shape index (κ3) is 5.86. The van der Waals surface area contributed by atoms with Crippen LogP contribution in [0.5, 0.6) is 0 Å². The van der Waals surface area contributed by atoms with E-state index >= 15 is 0 Å². The van der Waals surface area contributed by atoms with Crippen molar-refractivity contribution in [1.29, 1.82) is 0 Å². The molecule has 166 valence electrons. The first-order valence-corrected chi connectivity index (χ1v) is 10.0. The lowest BCUT2D eigenvalue weighted by molar-refractivity contribution is -0.149. The third-order valence-corrected chi connectivity index (χ3v) is 4.67.